The first-order chi connectivity index (χ1) is 4.74. The fraction of sp³-hybridized carbons (Fsp3) is 1.00. The third-order valence-electron chi connectivity index (χ3n) is 2.00. The lowest BCUT2D eigenvalue weighted by Gasteiger charge is -2.26. The second-order valence-electron chi connectivity index (χ2n) is 2.22. The average Bonchev–Trinajstić information content (AvgIpc) is 2.01. The maximum atomic E-state index is 8.24. The molecule has 0 spiro atoms. The first kappa shape index (κ1) is 9.27. The van der Waals surface area contributed by atoms with E-state index in [0.717, 1.165) is 19.6 Å². The highest BCUT2D eigenvalue weighted by atomic mass is 15.7. The highest BCUT2D eigenvalue weighted by molar-refractivity contribution is 4.34. The minimum Gasteiger partial charge on any atom is -0.215 e. The Kier molecular flexibility index (Phi) is 3.84. The topological polar surface area (TPSA) is 48.8 Å². The molecule has 0 atom stereocenters. The Balaban J connectivity index is 4.29. The largest absolute Gasteiger partial charge is 0.215 e. The smallest absolute Gasteiger partial charge is 0.114 e. The lowest BCUT2D eigenvalue weighted by molar-refractivity contribution is -0.931. The third-order valence-corrected chi connectivity index (χ3v) is 2.00. The quantitative estimate of drug-likeness (QED) is 0.190. The van der Waals surface area contributed by atoms with Gasteiger partial charge in [0.15, 0.2) is 0 Å². The SMILES string of the molecule is CC[N+](CC)(CC)N=[N+]=[N-]. The zero-order chi connectivity index (χ0) is 8.04. The highest BCUT2D eigenvalue weighted by Crippen LogP contribution is 2.05. The molecule has 4 heteroatoms. The zero-order valence-electron chi connectivity index (χ0n) is 6.91. The molecule has 58 valence electrons. The van der Waals surface area contributed by atoms with E-state index in [1.807, 2.05) is 20.8 Å². The summed E-state index contributed by atoms with van der Waals surface area (Å²) in [7, 11) is 0. The second-order valence-corrected chi connectivity index (χ2v) is 2.22. The molecule has 0 aliphatic rings. The van der Waals surface area contributed by atoms with Gasteiger partial charge in [0.05, 0.1) is 24.5 Å². The summed E-state index contributed by atoms with van der Waals surface area (Å²) in [5.74, 6) is 0. The molecule has 0 heterocycles. The normalized spacial score (nSPS) is 10.7. The van der Waals surface area contributed by atoms with E-state index in [1.54, 1.807) is 0 Å². The molecule has 4 nitrogen and oxygen atoms in total. The van der Waals surface area contributed by atoms with Crippen molar-refractivity contribution in [3.63, 3.8) is 0 Å². The van der Waals surface area contributed by atoms with E-state index < -0.39 is 0 Å². The molecule has 0 rings (SSSR count). The highest BCUT2D eigenvalue weighted by Gasteiger charge is 2.18. The standard InChI is InChI=1S/C6H15N4/c1-4-10(5-2,6-3)9-8-7/h4-6H2,1-3H3/q+1. The van der Waals surface area contributed by atoms with Crippen LogP contribution in [0.3, 0.4) is 0 Å². The van der Waals surface area contributed by atoms with Crippen molar-refractivity contribution in [3.8, 4) is 0 Å². The molecule has 0 aliphatic carbocycles. The monoisotopic (exact) mass is 143 g/mol. The van der Waals surface area contributed by atoms with Crippen LogP contribution in [0, 0.1) is 0 Å². The number of nitrogens with zero attached hydrogens (tertiary/aromatic N) is 4. The minimum absolute atomic E-state index is 0.510. The van der Waals surface area contributed by atoms with E-state index in [2.05, 4.69) is 10.1 Å². The van der Waals surface area contributed by atoms with Crippen molar-refractivity contribution in [3.05, 3.63) is 10.4 Å². The van der Waals surface area contributed by atoms with Gasteiger partial charge in [0.2, 0.25) is 0 Å². The average molecular weight is 143 g/mol. The number of azide groups is 1. The van der Waals surface area contributed by atoms with Gasteiger partial charge >= 0.3 is 0 Å². The summed E-state index contributed by atoms with van der Waals surface area (Å²) in [6.45, 7) is 8.70. The number of hydrogen-bond donors (Lipinski definition) is 0. The fourth-order valence-electron chi connectivity index (χ4n) is 0.945. The molecule has 0 aliphatic heterocycles. The van der Waals surface area contributed by atoms with E-state index in [1.165, 1.54) is 0 Å². The van der Waals surface area contributed by atoms with Crippen LogP contribution in [-0.2, 0) is 0 Å². The second kappa shape index (κ2) is 4.14. The van der Waals surface area contributed by atoms with Crippen LogP contribution in [0.2, 0.25) is 0 Å². The van der Waals surface area contributed by atoms with Crippen molar-refractivity contribution >= 4 is 0 Å². The van der Waals surface area contributed by atoms with Crippen molar-refractivity contribution in [2.75, 3.05) is 19.6 Å². The Labute approximate surface area is 61.6 Å². The lowest BCUT2D eigenvalue weighted by Crippen LogP contribution is -2.41. The fourth-order valence-corrected chi connectivity index (χ4v) is 0.945. The van der Waals surface area contributed by atoms with Gasteiger partial charge in [-0.25, -0.2) is 4.59 Å². The van der Waals surface area contributed by atoms with Crippen LogP contribution in [0.15, 0.2) is 5.22 Å². The number of rotatable bonds is 4. The minimum atomic E-state index is 0.510. The zero-order valence-corrected chi connectivity index (χ0v) is 6.91. The van der Waals surface area contributed by atoms with Crippen LogP contribution in [0.1, 0.15) is 20.8 Å². The van der Waals surface area contributed by atoms with Crippen molar-refractivity contribution < 1.29 is 4.59 Å². The Morgan fingerprint density at radius 3 is 1.70 bits per heavy atom. The summed E-state index contributed by atoms with van der Waals surface area (Å²) >= 11 is 0. The summed E-state index contributed by atoms with van der Waals surface area (Å²) in [6.07, 6.45) is 0. The van der Waals surface area contributed by atoms with Crippen LogP contribution in [-0.4, -0.2) is 24.2 Å². The molecule has 0 saturated carbocycles. The van der Waals surface area contributed by atoms with Gasteiger partial charge in [0.1, 0.15) is 5.22 Å². The van der Waals surface area contributed by atoms with Gasteiger partial charge in [-0.05, 0) is 20.8 Å². The van der Waals surface area contributed by atoms with Gasteiger partial charge < -0.3 is 0 Å². The first-order valence-electron chi connectivity index (χ1n) is 3.67. The van der Waals surface area contributed by atoms with Gasteiger partial charge in [0, 0.05) is 5.53 Å². The van der Waals surface area contributed by atoms with Crippen LogP contribution < -0.4 is 0 Å². The maximum Gasteiger partial charge on any atom is 0.114 e. The summed E-state index contributed by atoms with van der Waals surface area (Å²) in [6, 6.07) is 0. The van der Waals surface area contributed by atoms with Crippen LogP contribution in [0.5, 0.6) is 0 Å². The predicted molar refractivity (Wildman–Crippen MR) is 41.0 cm³/mol. The number of hydrogen-bond acceptors (Lipinski definition) is 1. The third kappa shape index (κ3) is 1.90. The first-order valence-corrected chi connectivity index (χ1v) is 3.67. The Bertz CT molecular complexity index is 124. The molecule has 0 radical (unpaired) electrons. The summed E-state index contributed by atoms with van der Waals surface area (Å²) in [5.41, 5.74) is 8.24. The van der Waals surface area contributed by atoms with Crippen molar-refractivity contribution in [2.24, 2.45) is 5.22 Å². The molecule has 0 bridgehead atoms. The summed E-state index contributed by atoms with van der Waals surface area (Å²) < 4.78 is 0.510. The van der Waals surface area contributed by atoms with Gasteiger partial charge in [-0.1, -0.05) is 0 Å². The Morgan fingerprint density at radius 2 is 1.60 bits per heavy atom. The molecule has 0 aromatic carbocycles. The molecule has 0 aromatic rings. The molecule has 0 amide bonds. The molecule has 0 unspecified atom stereocenters. The molecule has 0 N–H and O–H groups in total. The number of quaternary nitrogens is 1. The van der Waals surface area contributed by atoms with E-state index in [4.69, 9.17) is 5.53 Å². The molecule has 0 aromatic heterocycles. The molecular formula is C6H15N4+. The van der Waals surface area contributed by atoms with Crippen molar-refractivity contribution in [1.82, 2.24) is 0 Å². The van der Waals surface area contributed by atoms with Crippen molar-refractivity contribution in [2.45, 2.75) is 20.8 Å². The molecular weight excluding hydrogens is 128 g/mol. The molecule has 0 fully saturated rings. The predicted octanol–water partition coefficient (Wildman–Crippen LogP) is 2.09. The van der Waals surface area contributed by atoms with Crippen LogP contribution in [0.4, 0.5) is 0 Å². The van der Waals surface area contributed by atoms with Gasteiger partial charge in [0.25, 0.3) is 0 Å². The summed E-state index contributed by atoms with van der Waals surface area (Å²) in [4.78, 5) is 2.82. The summed E-state index contributed by atoms with van der Waals surface area (Å²) in [5, 5.41) is 3.73. The van der Waals surface area contributed by atoms with E-state index in [0.29, 0.717) is 4.59 Å². The van der Waals surface area contributed by atoms with E-state index >= 15 is 0 Å². The van der Waals surface area contributed by atoms with E-state index in [9.17, 15) is 0 Å². The van der Waals surface area contributed by atoms with E-state index in [-0.39, 0.29) is 0 Å². The molecule has 10 heavy (non-hydrogen) atoms. The Hall–Kier alpha value is -0.730. The lowest BCUT2D eigenvalue weighted by atomic mass is 10.5. The van der Waals surface area contributed by atoms with Crippen LogP contribution in [0.25, 0.3) is 10.4 Å². The van der Waals surface area contributed by atoms with Crippen molar-refractivity contribution in [1.29, 1.82) is 0 Å². The van der Waals surface area contributed by atoms with Gasteiger partial charge in [-0.15, -0.1) is 0 Å². The maximum absolute atomic E-state index is 8.24. The molecule has 0 saturated heterocycles. The van der Waals surface area contributed by atoms with Crippen LogP contribution >= 0.6 is 0 Å². The van der Waals surface area contributed by atoms with Gasteiger partial charge in [-0.2, -0.15) is 0 Å². The van der Waals surface area contributed by atoms with Gasteiger partial charge in [-0.3, -0.25) is 0 Å². The Morgan fingerprint density at radius 1 is 1.20 bits per heavy atom.